The zero-order chi connectivity index (χ0) is 34.4. The number of amidine groups is 1. The summed E-state index contributed by atoms with van der Waals surface area (Å²) in [6.07, 6.45) is 10.9. The molecule has 9 nitrogen and oxygen atoms in total. The number of piperidine rings is 1. The number of esters is 1. The third kappa shape index (κ3) is 8.64. The van der Waals surface area contributed by atoms with Crippen LogP contribution in [0.15, 0.2) is 46.0 Å². The molecule has 2 N–H and O–H groups in total. The van der Waals surface area contributed by atoms with Crippen LogP contribution in [0.2, 0.25) is 5.02 Å². The van der Waals surface area contributed by atoms with E-state index in [1.54, 1.807) is 12.3 Å². The number of aliphatic imine (C=N–C) groups is 1. The van der Waals surface area contributed by atoms with Crippen molar-refractivity contribution in [1.82, 2.24) is 15.2 Å². The minimum Gasteiger partial charge on any atom is -0.481 e. The maximum Gasteiger partial charge on any atom is 0.338 e. The second kappa shape index (κ2) is 16.4. The number of aliphatic carboxylic acids is 1. The van der Waals surface area contributed by atoms with Gasteiger partial charge in [-0.2, -0.15) is 0 Å². The van der Waals surface area contributed by atoms with E-state index in [1.165, 1.54) is 30.6 Å². The number of carbonyl (C=O) groups excluding carboxylic acids is 2. The highest BCUT2D eigenvalue weighted by Gasteiger charge is 2.36. The van der Waals surface area contributed by atoms with Crippen LogP contribution in [0.25, 0.3) is 0 Å². The molecule has 260 valence electrons. The number of aromatic nitrogens is 1. The Morgan fingerprint density at radius 3 is 2.58 bits per heavy atom. The average Bonchev–Trinajstić information content (AvgIpc) is 3.61. The molecule has 2 fully saturated rings. The number of nitrogens with one attached hydrogen (secondary N) is 1. The number of hydrogen-bond acceptors (Lipinski definition) is 8. The highest BCUT2D eigenvalue weighted by Crippen LogP contribution is 2.39. The van der Waals surface area contributed by atoms with Gasteiger partial charge in [0.05, 0.1) is 18.6 Å². The molecular weight excluding hydrogens is 655 g/mol. The fraction of sp³-hybridized carbons (Fsp3) is 0.583. The van der Waals surface area contributed by atoms with E-state index < -0.39 is 23.8 Å². The summed E-state index contributed by atoms with van der Waals surface area (Å²) in [5.74, 6) is -0.237. The monoisotopic (exact) mass is 700 g/mol. The van der Waals surface area contributed by atoms with Crippen LogP contribution in [0, 0.1) is 29.5 Å². The first kappa shape index (κ1) is 36.0. The maximum atomic E-state index is 14.0. The van der Waals surface area contributed by atoms with Crippen LogP contribution < -0.4 is 5.32 Å². The topological polar surface area (TPSA) is 121 Å². The van der Waals surface area contributed by atoms with Gasteiger partial charge >= 0.3 is 11.9 Å². The Balaban J connectivity index is 1.17. The predicted octanol–water partition coefficient (Wildman–Crippen LogP) is 7.56. The first-order valence-corrected chi connectivity index (χ1v) is 18.3. The van der Waals surface area contributed by atoms with Gasteiger partial charge < -0.3 is 20.1 Å². The number of rotatable bonds is 13. The van der Waals surface area contributed by atoms with Crippen LogP contribution in [0.4, 0.5) is 4.39 Å². The molecule has 3 aliphatic rings. The molecule has 1 aliphatic carbocycles. The normalized spacial score (nSPS) is 24.5. The van der Waals surface area contributed by atoms with Gasteiger partial charge in [-0.3, -0.25) is 14.6 Å². The number of carboxylic acid groups (broad SMARTS) is 1. The zero-order valence-corrected chi connectivity index (χ0v) is 29.5. The standard InChI is InChI=1S/C36H46ClFN4O5S/c1-21(6-4-5-7-23-14-16-42(30(43)19-23)26-11-8-24(9-12-26)35(44)45)22(2)18-29-31(36(46)47-3)32(27-13-10-25(38)20-28(27)37)41-33(40-29)34-39-15-17-48-34/h10,13,15,17,20-24,26,32H,4-9,11-12,14,16,18-19H2,1-3H3,(H,40,41)(H,44,45). The Bertz CT molecular complexity index is 1520. The van der Waals surface area contributed by atoms with E-state index in [-0.39, 0.29) is 28.8 Å². The lowest BCUT2D eigenvalue weighted by Gasteiger charge is -2.40. The summed E-state index contributed by atoms with van der Waals surface area (Å²) in [6.45, 7) is 5.19. The van der Waals surface area contributed by atoms with E-state index in [1.807, 2.05) is 10.3 Å². The van der Waals surface area contributed by atoms with Crippen LogP contribution in [0.1, 0.15) is 101 Å². The second-order valence-corrected chi connectivity index (χ2v) is 14.9. The number of amides is 1. The van der Waals surface area contributed by atoms with Crippen molar-refractivity contribution in [2.45, 2.75) is 96.6 Å². The van der Waals surface area contributed by atoms with Crippen LogP contribution in [-0.4, -0.2) is 58.4 Å². The summed E-state index contributed by atoms with van der Waals surface area (Å²) in [5.41, 5.74) is 1.58. The van der Waals surface area contributed by atoms with E-state index in [0.29, 0.717) is 65.2 Å². The number of allylic oxidation sites excluding steroid dienone is 1. The number of unbranched alkanes of at least 4 members (excludes halogenated alkanes) is 1. The van der Waals surface area contributed by atoms with Gasteiger partial charge in [0.1, 0.15) is 11.9 Å². The molecular formula is C36H46ClFN4O5S. The predicted molar refractivity (Wildman–Crippen MR) is 184 cm³/mol. The Morgan fingerprint density at radius 2 is 1.94 bits per heavy atom. The number of ether oxygens (including phenoxy) is 1. The van der Waals surface area contributed by atoms with Gasteiger partial charge in [-0.15, -0.1) is 11.3 Å². The molecule has 1 saturated heterocycles. The van der Waals surface area contributed by atoms with E-state index in [9.17, 15) is 23.9 Å². The van der Waals surface area contributed by atoms with Crippen LogP contribution in [0.3, 0.4) is 0 Å². The molecule has 1 amide bonds. The summed E-state index contributed by atoms with van der Waals surface area (Å²) in [7, 11) is 1.34. The third-order valence-corrected chi connectivity index (χ3v) is 11.6. The number of carboxylic acids is 1. The number of halogens is 2. The Hall–Kier alpha value is -3.31. The van der Waals surface area contributed by atoms with Crippen molar-refractivity contribution >= 4 is 46.6 Å². The highest BCUT2D eigenvalue weighted by molar-refractivity contribution is 7.11. The molecule has 0 radical (unpaired) electrons. The highest BCUT2D eigenvalue weighted by atomic mass is 35.5. The van der Waals surface area contributed by atoms with Crippen molar-refractivity contribution in [1.29, 1.82) is 0 Å². The fourth-order valence-corrected chi connectivity index (χ4v) is 8.25. The molecule has 4 unspecified atom stereocenters. The number of hydrogen-bond donors (Lipinski definition) is 2. The Kier molecular flexibility index (Phi) is 12.3. The molecule has 1 aromatic carbocycles. The summed E-state index contributed by atoms with van der Waals surface area (Å²) in [6, 6.07) is 3.51. The van der Waals surface area contributed by atoms with Gasteiger partial charge in [-0.25, -0.2) is 14.2 Å². The van der Waals surface area contributed by atoms with Crippen LogP contribution in [-0.2, 0) is 19.1 Å². The fourth-order valence-electron chi connectivity index (χ4n) is 7.39. The minimum atomic E-state index is -0.780. The molecule has 0 spiro atoms. The van der Waals surface area contributed by atoms with Crippen molar-refractivity contribution in [3.63, 3.8) is 0 Å². The number of methoxy groups -OCH3 is 1. The van der Waals surface area contributed by atoms with E-state index >= 15 is 0 Å². The van der Waals surface area contributed by atoms with E-state index in [2.05, 4.69) is 24.1 Å². The number of nitrogens with zero attached hydrogens (tertiary/aromatic N) is 3. The maximum absolute atomic E-state index is 14.0. The Labute approximate surface area is 291 Å². The lowest BCUT2D eigenvalue weighted by atomic mass is 9.82. The molecule has 0 bridgehead atoms. The second-order valence-electron chi connectivity index (χ2n) is 13.6. The van der Waals surface area contributed by atoms with Gasteiger partial charge in [0.25, 0.3) is 0 Å². The van der Waals surface area contributed by atoms with Gasteiger partial charge in [-0.05, 0) is 74.8 Å². The SMILES string of the molecule is COC(=O)C1=C(CC(C)C(C)CCCCC2CCN(C3CCC(C(=O)O)CC3)C(=O)C2)NC(c2nccs2)=NC1c1ccc(F)cc1Cl. The van der Waals surface area contributed by atoms with Gasteiger partial charge in [0.15, 0.2) is 10.8 Å². The van der Waals surface area contributed by atoms with Gasteiger partial charge in [-0.1, -0.05) is 50.8 Å². The Morgan fingerprint density at radius 1 is 1.17 bits per heavy atom. The number of benzene rings is 1. The molecule has 12 heteroatoms. The summed E-state index contributed by atoms with van der Waals surface area (Å²) < 4.78 is 19.2. The van der Waals surface area contributed by atoms with Crippen molar-refractivity contribution in [3.8, 4) is 0 Å². The number of likely N-dealkylation sites (tertiary alicyclic amines) is 1. The molecule has 48 heavy (non-hydrogen) atoms. The van der Waals surface area contributed by atoms with E-state index in [4.69, 9.17) is 21.3 Å². The van der Waals surface area contributed by atoms with Crippen molar-refractivity contribution in [2.24, 2.45) is 28.7 Å². The smallest absolute Gasteiger partial charge is 0.338 e. The molecule has 4 atom stereocenters. The first-order valence-electron chi connectivity index (χ1n) is 17.1. The van der Waals surface area contributed by atoms with Gasteiger partial charge in [0, 0.05) is 46.9 Å². The molecule has 3 heterocycles. The van der Waals surface area contributed by atoms with E-state index in [0.717, 1.165) is 51.5 Å². The summed E-state index contributed by atoms with van der Waals surface area (Å²) in [4.78, 5) is 48.8. The van der Waals surface area contributed by atoms with Crippen molar-refractivity contribution in [3.05, 3.63) is 62.5 Å². The summed E-state index contributed by atoms with van der Waals surface area (Å²) >= 11 is 7.92. The quantitative estimate of drug-likeness (QED) is 0.163. The third-order valence-electron chi connectivity index (χ3n) is 10.5. The average molecular weight is 701 g/mol. The van der Waals surface area contributed by atoms with Gasteiger partial charge in [0.2, 0.25) is 5.91 Å². The number of thiazole rings is 1. The number of carbonyl (C=O) groups is 3. The first-order chi connectivity index (χ1) is 23.0. The summed E-state index contributed by atoms with van der Waals surface area (Å²) in [5, 5.41) is 15.4. The molecule has 2 aliphatic heterocycles. The minimum absolute atomic E-state index is 0.182. The van der Waals surface area contributed by atoms with Crippen molar-refractivity contribution in [2.75, 3.05) is 13.7 Å². The molecule has 2 aromatic rings. The lowest BCUT2D eigenvalue weighted by molar-refractivity contribution is -0.144. The lowest BCUT2D eigenvalue weighted by Crippen LogP contribution is -2.47. The van der Waals surface area contributed by atoms with Crippen LogP contribution in [0.5, 0.6) is 0 Å². The zero-order valence-electron chi connectivity index (χ0n) is 27.9. The van der Waals surface area contributed by atoms with Crippen molar-refractivity contribution < 1.29 is 28.6 Å². The molecule has 1 saturated carbocycles. The molecule has 1 aromatic heterocycles. The van der Waals surface area contributed by atoms with Crippen LogP contribution >= 0.6 is 22.9 Å². The largest absolute Gasteiger partial charge is 0.481 e. The molecule has 5 rings (SSSR count).